The van der Waals surface area contributed by atoms with Gasteiger partial charge in [0.15, 0.2) is 0 Å². The van der Waals surface area contributed by atoms with Gasteiger partial charge in [-0.2, -0.15) is 5.10 Å². The molecule has 0 saturated carbocycles. The fourth-order valence-corrected chi connectivity index (χ4v) is 3.86. The molecule has 8 heteroatoms. The Morgan fingerprint density at radius 3 is 2.57 bits per heavy atom. The van der Waals surface area contributed by atoms with Crippen LogP contribution in [0.25, 0.3) is 0 Å². The quantitative estimate of drug-likeness (QED) is 0.349. The van der Waals surface area contributed by atoms with Crippen molar-refractivity contribution < 1.29 is 9.66 Å². The van der Waals surface area contributed by atoms with E-state index in [4.69, 9.17) is 9.84 Å². The third-order valence-electron chi connectivity index (χ3n) is 4.92. The maximum absolute atomic E-state index is 11.0. The predicted octanol–water partition coefficient (Wildman–Crippen LogP) is 4.38. The summed E-state index contributed by atoms with van der Waals surface area (Å²) in [7, 11) is 1.62. The summed E-state index contributed by atoms with van der Waals surface area (Å²) in [5, 5.41) is 15.9. The first-order valence-electron chi connectivity index (χ1n) is 8.64. The summed E-state index contributed by atoms with van der Waals surface area (Å²) in [6.45, 7) is 3.94. The van der Waals surface area contributed by atoms with Gasteiger partial charge in [0.25, 0.3) is 5.69 Å². The fourth-order valence-electron chi connectivity index (χ4n) is 3.31. The summed E-state index contributed by atoms with van der Waals surface area (Å²) >= 11 is 3.56. The number of imidazole rings is 1. The first kappa shape index (κ1) is 18.4. The average molecular weight is 441 g/mol. The number of hydrogen-bond acceptors (Lipinski definition) is 5. The number of nitro benzene ring substituents is 1. The van der Waals surface area contributed by atoms with Gasteiger partial charge in [-0.1, -0.05) is 0 Å². The molecule has 0 aliphatic carbocycles. The molecule has 142 valence electrons. The minimum atomic E-state index is -0.408. The van der Waals surface area contributed by atoms with Crippen molar-refractivity contribution in [1.29, 1.82) is 0 Å². The molecule has 28 heavy (non-hydrogen) atoms. The third-order valence-corrected chi connectivity index (χ3v) is 5.54. The SMILES string of the molecule is COc1cc2c(cc1Br)Cc1nc(C)c(C)n1N=C2c1ccc([N+](=O)[O-])cc1. The highest BCUT2D eigenvalue weighted by molar-refractivity contribution is 9.10. The van der Waals surface area contributed by atoms with Crippen LogP contribution in [-0.2, 0) is 6.42 Å². The number of rotatable bonds is 3. The Morgan fingerprint density at radius 1 is 1.21 bits per heavy atom. The molecule has 2 aromatic carbocycles. The highest BCUT2D eigenvalue weighted by Crippen LogP contribution is 2.33. The molecule has 0 fully saturated rings. The number of aromatic nitrogens is 2. The number of hydrogen-bond donors (Lipinski definition) is 0. The Morgan fingerprint density at radius 2 is 1.93 bits per heavy atom. The van der Waals surface area contributed by atoms with E-state index in [0.717, 1.165) is 44.1 Å². The van der Waals surface area contributed by atoms with Crippen LogP contribution in [-0.4, -0.2) is 27.4 Å². The van der Waals surface area contributed by atoms with Crippen molar-refractivity contribution in [3.63, 3.8) is 0 Å². The van der Waals surface area contributed by atoms with Crippen LogP contribution in [0.4, 0.5) is 5.69 Å². The van der Waals surface area contributed by atoms with Crippen molar-refractivity contribution in [2.75, 3.05) is 7.11 Å². The molecule has 3 aromatic rings. The largest absolute Gasteiger partial charge is 0.496 e. The van der Waals surface area contributed by atoms with Gasteiger partial charge < -0.3 is 4.74 Å². The first-order chi connectivity index (χ1) is 13.4. The molecule has 1 aromatic heterocycles. The summed E-state index contributed by atoms with van der Waals surface area (Å²) in [6, 6.07) is 10.4. The zero-order valence-electron chi connectivity index (χ0n) is 15.6. The van der Waals surface area contributed by atoms with Gasteiger partial charge in [-0.05, 0) is 59.6 Å². The molecule has 0 radical (unpaired) electrons. The summed E-state index contributed by atoms with van der Waals surface area (Å²) in [5.41, 5.74) is 5.41. The lowest BCUT2D eigenvalue weighted by atomic mass is 9.95. The van der Waals surface area contributed by atoms with E-state index in [1.807, 2.05) is 30.7 Å². The van der Waals surface area contributed by atoms with Crippen molar-refractivity contribution in [2.24, 2.45) is 5.10 Å². The molecule has 0 saturated heterocycles. The zero-order chi connectivity index (χ0) is 20.0. The van der Waals surface area contributed by atoms with Crippen molar-refractivity contribution in [2.45, 2.75) is 20.3 Å². The molecule has 2 heterocycles. The highest BCUT2D eigenvalue weighted by Gasteiger charge is 2.23. The summed E-state index contributed by atoms with van der Waals surface area (Å²) in [6.07, 6.45) is 0.618. The van der Waals surface area contributed by atoms with E-state index in [1.54, 1.807) is 19.2 Å². The molecule has 0 amide bonds. The lowest BCUT2D eigenvalue weighted by Gasteiger charge is -2.13. The number of benzene rings is 2. The second kappa shape index (κ2) is 6.87. The number of methoxy groups -OCH3 is 1. The van der Waals surface area contributed by atoms with Crippen molar-refractivity contribution in [3.8, 4) is 5.75 Å². The smallest absolute Gasteiger partial charge is 0.269 e. The number of nitro groups is 1. The van der Waals surface area contributed by atoms with Gasteiger partial charge in [0.2, 0.25) is 0 Å². The summed E-state index contributed by atoms with van der Waals surface area (Å²) in [4.78, 5) is 15.3. The lowest BCUT2D eigenvalue weighted by Crippen LogP contribution is -2.08. The summed E-state index contributed by atoms with van der Waals surface area (Å²) < 4.78 is 8.18. The van der Waals surface area contributed by atoms with Gasteiger partial charge in [0.05, 0.1) is 33.6 Å². The van der Waals surface area contributed by atoms with Crippen molar-refractivity contribution in [1.82, 2.24) is 9.66 Å². The van der Waals surface area contributed by atoms with Gasteiger partial charge in [-0.15, -0.1) is 0 Å². The number of aryl methyl sites for hydroxylation is 1. The Hall–Kier alpha value is -3.00. The van der Waals surface area contributed by atoms with E-state index in [-0.39, 0.29) is 5.69 Å². The lowest BCUT2D eigenvalue weighted by molar-refractivity contribution is -0.384. The molecular formula is C20H17BrN4O3. The van der Waals surface area contributed by atoms with Crippen LogP contribution in [0.5, 0.6) is 5.75 Å². The minimum Gasteiger partial charge on any atom is -0.496 e. The topological polar surface area (TPSA) is 82.5 Å². The Labute approximate surface area is 170 Å². The van der Waals surface area contributed by atoms with Crippen LogP contribution in [0.2, 0.25) is 0 Å². The molecule has 7 nitrogen and oxygen atoms in total. The maximum atomic E-state index is 11.0. The first-order valence-corrected chi connectivity index (χ1v) is 9.43. The number of ether oxygens (including phenoxy) is 1. The number of fused-ring (bicyclic) bond motifs is 2. The molecule has 0 atom stereocenters. The van der Waals surface area contributed by atoms with Crippen LogP contribution < -0.4 is 4.74 Å². The van der Waals surface area contributed by atoms with Crippen LogP contribution in [0.1, 0.15) is 33.9 Å². The Balaban J connectivity index is 1.98. The number of nitrogens with zero attached hydrogens (tertiary/aromatic N) is 4. The molecule has 4 rings (SSSR count). The molecule has 0 unspecified atom stereocenters. The van der Waals surface area contributed by atoms with E-state index in [2.05, 4.69) is 20.9 Å². The van der Waals surface area contributed by atoms with E-state index < -0.39 is 4.92 Å². The fraction of sp³-hybridized carbons (Fsp3) is 0.200. The van der Waals surface area contributed by atoms with Gasteiger partial charge in [0.1, 0.15) is 11.6 Å². The summed E-state index contributed by atoms with van der Waals surface area (Å²) in [5.74, 6) is 1.55. The van der Waals surface area contributed by atoms with Gasteiger partial charge in [-0.3, -0.25) is 10.1 Å². The second-order valence-electron chi connectivity index (χ2n) is 6.58. The van der Waals surface area contributed by atoms with Crippen molar-refractivity contribution in [3.05, 3.63) is 84.9 Å². The molecule has 1 aliphatic heterocycles. The van der Waals surface area contributed by atoms with E-state index >= 15 is 0 Å². The zero-order valence-corrected chi connectivity index (χ0v) is 17.1. The predicted molar refractivity (Wildman–Crippen MR) is 109 cm³/mol. The van der Waals surface area contributed by atoms with Gasteiger partial charge in [0, 0.05) is 29.7 Å². The number of non-ortho nitro benzene ring substituents is 1. The second-order valence-corrected chi connectivity index (χ2v) is 7.44. The van der Waals surface area contributed by atoms with Gasteiger partial charge in [-0.25, -0.2) is 9.66 Å². The van der Waals surface area contributed by atoms with E-state index in [1.165, 1.54) is 12.1 Å². The molecule has 0 N–H and O–H groups in total. The average Bonchev–Trinajstić information content (AvgIpc) is 2.85. The van der Waals surface area contributed by atoms with E-state index in [0.29, 0.717) is 12.2 Å². The van der Waals surface area contributed by atoms with E-state index in [9.17, 15) is 10.1 Å². The number of halogens is 1. The third kappa shape index (κ3) is 2.99. The van der Waals surface area contributed by atoms with Crippen LogP contribution in [0, 0.1) is 24.0 Å². The molecular weight excluding hydrogens is 424 g/mol. The molecule has 0 spiro atoms. The molecule has 0 bridgehead atoms. The minimum absolute atomic E-state index is 0.0435. The van der Waals surface area contributed by atoms with Crippen LogP contribution in [0.3, 0.4) is 0 Å². The van der Waals surface area contributed by atoms with Crippen LogP contribution in [0.15, 0.2) is 46.0 Å². The standard InChI is InChI=1S/C20H17BrN4O3/c1-11-12(2)24-19(22-11)9-14-8-17(21)18(28-3)10-16(14)20(23-24)13-4-6-15(7-5-13)25(26)27/h4-8,10H,9H2,1-3H3. The van der Waals surface area contributed by atoms with Gasteiger partial charge >= 0.3 is 0 Å². The van der Waals surface area contributed by atoms with Crippen molar-refractivity contribution >= 4 is 27.3 Å². The van der Waals surface area contributed by atoms with Crippen LogP contribution >= 0.6 is 15.9 Å². The Bertz CT molecular complexity index is 1130. The Kier molecular flexibility index (Phi) is 4.50. The molecule has 1 aliphatic rings. The highest BCUT2D eigenvalue weighted by atomic mass is 79.9. The monoisotopic (exact) mass is 440 g/mol. The maximum Gasteiger partial charge on any atom is 0.269 e. The normalized spacial score (nSPS) is 12.6.